The van der Waals surface area contributed by atoms with Gasteiger partial charge in [-0.15, -0.1) is 0 Å². The largest absolute Gasteiger partial charge is 0.493 e. The molecule has 0 radical (unpaired) electrons. The van der Waals surface area contributed by atoms with Crippen LogP contribution in [0.4, 0.5) is 5.69 Å². The average Bonchev–Trinajstić information content (AvgIpc) is 2.49. The number of nitrogen functional groups attached to an aromatic ring is 1. The molecule has 2 aromatic rings. The van der Waals surface area contributed by atoms with Crippen molar-refractivity contribution >= 4 is 23.1 Å². The summed E-state index contributed by atoms with van der Waals surface area (Å²) in [4.78, 5) is 12.6. The summed E-state index contributed by atoms with van der Waals surface area (Å²) in [6, 6.07) is 8.27. The molecule has 0 heterocycles. The molecule has 2 N–H and O–H groups in total. The van der Waals surface area contributed by atoms with Crippen LogP contribution in [-0.2, 0) is 0 Å². The van der Waals surface area contributed by atoms with E-state index in [1.165, 1.54) is 7.11 Å². The molecular formula is C16H16ClNO3. The molecule has 0 saturated heterocycles. The number of ether oxygens (including phenoxy) is 2. The summed E-state index contributed by atoms with van der Waals surface area (Å²) in [6.45, 7) is 1.84. The number of methoxy groups -OCH3 is 2. The Kier molecular flexibility index (Phi) is 4.38. The van der Waals surface area contributed by atoms with Crippen molar-refractivity contribution in [1.29, 1.82) is 0 Å². The Balaban J connectivity index is 2.50. The van der Waals surface area contributed by atoms with E-state index in [-0.39, 0.29) is 5.78 Å². The van der Waals surface area contributed by atoms with Gasteiger partial charge in [0.1, 0.15) is 0 Å². The van der Waals surface area contributed by atoms with Gasteiger partial charge < -0.3 is 15.2 Å². The highest BCUT2D eigenvalue weighted by Crippen LogP contribution is 2.32. The highest BCUT2D eigenvalue weighted by Gasteiger charge is 2.16. The molecule has 0 aromatic heterocycles. The predicted octanol–water partition coefficient (Wildman–Crippen LogP) is 3.48. The fourth-order valence-electron chi connectivity index (χ4n) is 2.05. The first-order valence-corrected chi connectivity index (χ1v) is 6.68. The predicted molar refractivity (Wildman–Crippen MR) is 83.6 cm³/mol. The quantitative estimate of drug-likeness (QED) is 0.694. The average molecular weight is 306 g/mol. The van der Waals surface area contributed by atoms with Gasteiger partial charge in [0, 0.05) is 11.1 Å². The summed E-state index contributed by atoms with van der Waals surface area (Å²) in [5, 5.41) is 0.360. The molecule has 2 rings (SSSR count). The number of nitrogens with two attached hydrogens (primary N) is 1. The van der Waals surface area contributed by atoms with E-state index in [4.69, 9.17) is 26.8 Å². The Labute approximate surface area is 128 Å². The van der Waals surface area contributed by atoms with E-state index in [0.29, 0.717) is 33.3 Å². The van der Waals surface area contributed by atoms with E-state index >= 15 is 0 Å². The van der Waals surface area contributed by atoms with E-state index in [1.807, 2.05) is 6.92 Å². The lowest BCUT2D eigenvalue weighted by Gasteiger charge is -2.12. The number of halogens is 1. The molecule has 0 atom stereocenters. The normalized spacial score (nSPS) is 10.3. The van der Waals surface area contributed by atoms with Crippen LogP contribution in [0.1, 0.15) is 21.5 Å². The van der Waals surface area contributed by atoms with Crippen LogP contribution < -0.4 is 15.2 Å². The third-order valence-corrected chi connectivity index (χ3v) is 3.57. The maximum Gasteiger partial charge on any atom is 0.193 e. The first kappa shape index (κ1) is 15.2. The van der Waals surface area contributed by atoms with Gasteiger partial charge in [-0.05, 0) is 42.8 Å². The Bertz CT molecular complexity index is 698. The molecule has 0 aliphatic carbocycles. The Morgan fingerprint density at radius 3 is 2.29 bits per heavy atom. The standard InChI is InChI=1S/C16H16ClNO3/c1-9-6-14(20-2)15(21-3)8-11(9)16(19)10-4-5-13(18)12(17)7-10/h4-8H,18H2,1-3H3. The van der Waals surface area contributed by atoms with Gasteiger partial charge in [-0.2, -0.15) is 0 Å². The van der Waals surface area contributed by atoms with Crippen molar-refractivity contribution in [1.82, 2.24) is 0 Å². The molecular weight excluding hydrogens is 290 g/mol. The van der Waals surface area contributed by atoms with Crippen LogP contribution >= 0.6 is 11.6 Å². The second-order valence-corrected chi connectivity index (χ2v) is 4.99. The van der Waals surface area contributed by atoms with E-state index < -0.39 is 0 Å². The number of anilines is 1. The Hall–Kier alpha value is -2.20. The fourth-order valence-corrected chi connectivity index (χ4v) is 2.23. The van der Waals surface area contributed by atoms with Crippen molar-refractivity contribution in [2.45, 2.75) is 6.92 Å². The fraction of sp³-hybridized carbons (Fsp3) is 0.188. The monoisotopic (exact) mass is 305 g/mol. The van der Waals surface area contributed by atoms with Crippen LogP contribution in [0.25, 0.3) is 0 Å². The van der Waals surface area contributed by atoms with Crippen LogP contribution in [0.15, 0.2) is 30.3 Å². The van der Waals surface area contributed by atoms with Crippen LogP contribution in [0.2, 0.25) is 5.02 Å². The SMILES string of the molecule is COc1cc(C)c(C(=O)c2ccc(N)c(Cl)c2)cc1OC. The van der Waals surface area contributed by atoms with Gasteiger partial charge in [0.05, 0.1) is 24.9 Å². The Morgan fingerprint density at radius 2 is 1.71 bits per heavy atom. The van der Waals surface area contributed by atoms with Gasteiger partial charge in [0.15, 0.2) is 17.3 Å². The minimum Gasteiger partial charge on any atom is -0.493 e. The molecule has 0 aliphatic heterocycles. The van der Waals surface area contributed by atoms with Crippen molar-refractivity contribution in [3.8, 4) is 11.5 Å². The van der Waals surface area contributed by atoms with Crippen molar-refractivity contribution in [3.63, 3.8) is 0 Å². The zero-order valence-corrected chi connectivity index (χ0v) is 12.8. The van der Waals surface area contributed by atoms with Gasteiger partial charge in [0.2, 0.25) is 0 Å². The number of aryl methyl sites for hydroxylation is 1. The lowest BCUT2D eigenvalue weighted by molar-refractivity contribution is 0.103. The first-order valence-electron chi connectivity index (χ1n) is 6.30. The maximum atomic E-state index is 12.6. The highest BCUT2D eigenvalue weighted by atomic mass is 35.5. The Morgan fingerprint density at radius 1 is 1.10 bits per heavy atom. The number of carbonyl (C=O) groups is 1. The summed E-state index contributed by atoms with van der Waals surface area (Å²) < 4.78 is 10.5. The second-order valence-electron chi connectivity index (χ2n) is 4.59. The summed E-state index contributed by atoms with van der Waals surface area (Å²) in [5.41, 5.74) is 7.91. The van der Waals surface area contributed by atoms with Gasteiger partial charge in [-0.1, -0.05) is 11.6 Å². The van der Waals surface area contributed by atoms with E-state index in [1.54, 1.807) is 37.4 Å². The molecule has 0 spiro atoms. The number of benzene rings is 2. The zero-order valence-electron chi connectivity index (χ0n) is 12.1. The minimum absolute atomic E-state index is 0.143. The highest BCUT2D eigenvalue weighted by molar-refractivity contribution is 6.33. The maximum absolute atomic E-state index is 12.6. The van der Waals surface area contributed by atoms with E-state index in [0.717, 1.165) is 5.56 Å². The minimum atomic E-state index is -0.143. The smallest absolute Gasteiger partial charge is 0.193 e. The lowest BCUT2D eigenvalue weighted by atomic mass is 9.98. The van der Waals surface area contributed by atoms with Crippen LogP contribution in [0, 0.1) is 6.92 Å². The number of rotatable bonds is 4. The van der Waals surface area contributed by atoms with E-state index in [9.17, 15) is 4.79 Å². The molecule has 4 nitrogen and oxygen atoms in total. The summed E-state index contributed by atoms with van der Waals surface area (Å²) in [5.74, 6) is 0.949. The molecule has 21 heavy (non-hydrogen) atoms. The topological polar surface area (TPSA) is 61.5 Å². The molecule has 5 heteroatoms. The third kappa shape index (κ3) is 2.95. The molecule has 0 aliphatic rings. The van der Waals surface area contributed by atoms with Gasteiger partial charge in [-0.25, -0.2) is 0 Å². The molecule has 0 amide bonds. The van der Waals surface area contributed by atoms with Crippen molar-refractivity contribution in [3.05, 3.63) is 52.0 Å². The van der Waals surface area contributed by atoms with Crippen LogP contribution in [0.3, 0.4) is 0 Å². The third-order valence-electron chi connectivity index (χ3n) is 3.24. The molecule has 0 fully saturated rings. The zero-order chi connectivity index (χ0) is 15.6. The lowest BCUT2D eigenvalue weighted by Crippen LogP contribution is -2.05. The van der Waals surface area contributed by atoms with E-state index in [2.05, 4.69) is 0 Å². The van der Waals surface area contributed by atoms with Crippen molar-refractivity contribution in [2.75, 3.05) is 20.0 Å². The number of hydrogen-bond acceptors (Lipinski definition) is 4. The molecule has 0 saturated carbocycles. The summed E-state index contributed by atoms with van der Waals surface area (Å²) >= 11 is 5.97. The number of carbonyl (C=O) groups excluding carboxylic acids is 1. The first-order chi connectivity index (χ1) is 9.97. The van der Waals surface area contributed by atoms with Crippen LogP contribution in [0.5, 0.6) is 11.5 Å². The molecule has 2 aromatic carbocycles. The summed E-state index contributed by atoms with van der Waals surface area (Å²) in [6.07, 6.45) is 0. The molecule has 0 bridgehead atoms. The number of ketones is 1. The van der Waals surface area contributed by atoms with Crippen LogP contribution in [-0.4, -0.2) is 20.0 Å². The number of hydrogen-bond donors (Lipinski definition) is 1. The van der Waals surface area contributed by atoms with Crippen molar-refractivity contribution in [2.24, 2.45) is 0 Å². The van der Waals surface area contributed by atoms with Gasteiger partial charge in [-0.3, -0.25) is 4.79 Å². The van der Waals surface area contributed by atoms with Crippen molar-refractivity contribution < 1.29 is 14.3 Å². The summed E-state index contributed by atoms with van der Waals surface area (Å²) in [7, 11) is 3.08. The molecule has 110 valence electrons. The van der Waals surface area contributed by atoms with Gasteiger partial charge >= 0.3 is 0 Å². The second kappa shape index (κ2) is 6.06. The van der Waals surface area contributed by atoms with Gasteiger partial charge in [0.25, 0.3) is 0 Å². The molecule has 0 unspecified atom stereocenters.